The average molecular weight is 227 g/mol. The molecular weight excluding hydrogens is 219 g/mol. The number of benzene rings is 1. The highest BCUT2D eigenvalue weighted by Gasteiger charge is 2.30. The van der Waals surface area contributed by atoms with Gasteiger partial charge in [-0.3, -0.25) is 4.79 Å². The third-order valence-electron chi connectivity index (χ3n) is 2.44. The monoisotopic (exact) mass is 227 g/mol. The van der Waals surface area contributed by atoms with Crippen LogP contribution in [-0.2, 0) is 6.18 Å². The lowest BCUT2D eigenvalue weighted by atomic mass is 10.1. The van der Waals surface area contributed by atoms with Crippen molar-refractivity contribution >= 4 is 10.8 Å². The van der Waals surface area contributed by atoms with Gasteiger partial charge in [-0.2, -0.15) is 13.2 Å². The molecule has 2 nitrogen and oxygen atoms in total. The quantitative estimate of drug-likeness (QED) is 0.737. The van der Waals surface area contributed by atoms with Crippen molar-refractivity contribution in [3.63, 3.8) is 0 Å². The maximum atomic E-state index is 12.5. The van der Waals surface area contributed by atoms with Gasteiger partial charge in [-0.05, 0) is 36.1 Å². The van der Waals surface area contributed by atoms with E-state index in [0.29, 0.717) is 10.9 Å². The highest BCUT2D eigenvalue weighted by molar-refractivity contribution is 5.85. The summed E-state index contributed by atoms with van der Waals surface area (Å²) in [6.45, 7) is 1.65. The van der Waals surface area contributed by atoms with Gasteiger partial charge in [0, 0.05) is 11.6 Å². The minimum absolute atomic E-state index is 0.271. The molecule has 1 N–H and O–H groups in total. The van der Waals surface area contributed by atoms with Gasteiger partial charge in [0.1, 0.15) is 0 Å². The summed E-state index contributed by atoms with van der Waals surface area (Å²) in [5.41, 5.74) is -0.510. The second-order valence-corrected chi connectivity index (χ2v) is 3.56. The SMILES string of the molecule is Cc1c[nH]c(=O)c2ccc(C(F)(F)F)cc12. The van der Waals surface area contributed by atoms with Crippen molar-refractivity contribution in [3.8, 4) is 0 Å². The third kappa shape index (κ3) is 1.68. The summed E-state index contributed by atoms with van der Waals surface area (Å²) in [7, 11) is 0. The summed E-state index contributed by atoms with van der Waals surface area (Å²) in [5, 5.41) is 0.603. The Morgan fingerprint density at radius 1 is 1.19 bits per heavy atom. The van der Waals surface area contributed by atoms with E-state index in [-0.39, 0.29) is 10.9 Å². The summed E-state index contributed by atoms with van der Waals surface area (Å²) in [5.74, 6) is 0. The van der Waals surface area contributed by atoms with Crippen LogP contribution in [0.5, 0.6) is 0 Å². The number of halogens is 3. The number of rotatable bonds is 0. The first-order valence-electron chi connectivity index (χ1n) is 4.59. The fourth-order valence-corrected chi connectivity index (χ4v) is 1.57. The lowest BCUT2D eigenvalue weighted by Crippen LogP contribution is -2.09. The van der Waals surface area contributed by atoms with Gasteiger partial charge in [0.05, 0.1) is 5.56 Å². The van der Waals surface area contributed by atoms with Gasteiger partial charge >= 0.3 is 6.18 Å². The molecule has 0 unspecified atom stereocenters. The topological polar surface area (TPSA) is 32.9 Å². The maximum Gasteiger partial charge on any atom is 0.416 e. The second kappa shape index (κ2) is 3.37. The number of pyridine rings is 1. The molecule has 0 atom stereocenters. The third-order valence-corrected chi connectivity index (χ3v) is 2.44. The first-order valence-corrected chi connectivity index (χ1v) is 4.59. The molecule has 2 aromatic rings. The molecule has 0 fully saturated rings. The van der Waals surface area contributed by atoms with Crippen molar-refractivity contribution in [2.75, 3.05) is 0 Å². The summed E-state index contributed by atoms with van der Waals surface area (Å²) in [6.07, 6.45) is -2.98. The van der Waals surface area contributed by atoms with E-state index in [1.807, 2.05) is 0 Å². The molecule has 0 saturated heterocycles. The van der Waals surface area contributed by atoms with E-state index in [2.05, 4.69) is 4.98 Å². The number of aromatic amines is 1. The smallest absolute Gasteiger partial charge is 0.328 e. The van der Waals surface area contributed by atoms with E-state index in [1.54, 1.807) is 6.92 Å². The Hall–Kier alpha value is -1.78. The zero-order chi connectivity index (χ0) is 11.9. The Morgan fingerprint density at radius 3 is 2.50 bits per heavy atom. The average Bonchev–Trinajstić information content (AvgIpc) is 2.22. The lowest BCUT2D eigenvalue weighted by Gasteiger charge is -2.08. The van der Waals surface area contributed by atoms with Crippen molar-refractivity contribution in [2.24, 2.45) is 0 Å². The Bertz CT molecular complexity index is 598. The van der Waals surface area contributed by atoms with Gasteiger partial charge in [-0.1, -0.05) is 0 Å². The number of aromatic nitrogens is 1. The molecule has 16 heavy (non-hydrogen) atoms. The van der Waals surface area contributed by atoms with Crippen molar-refractivity contribution in [1.82, 2.24) is 4.98 Å². The number of alkyl halides is 3. The van der Waals surface area contributed by atoms with Gasteiger partial charge in [0.25, 0.3) is 5.56 Å². The van der Waals surface area contributed by atoms with Gasteiger partial charge in [-0.15, -0.1) is 0 Å². The van der Waals surface area contributed by atoms with Gasteiger partial charge in [-0.25, -0.2) is 0 Å². The molecule has 5 heteroatoms. The highest BCUT2D eigenvalue weighted by atomic mass is 19.4. The molecule has 1 aromatic heterocycles. The normalized spacial score (nSPS) is 12.0. The molecule has 0 aliphatic rings. The molecule has 0 spiro atoms. The minimum Gasteiger partial charge on any atom is -0.328 e. The summed E-state index contributed by atoms with van der Waals surface area (Å²) >= 11 is 0. The van der Waals surface area contributed by atoms with Crippen LogP contribution in [-0.4, -0.2) is 4.98 Å². The molecular formula is C11H8F3NO. The zero-order valence-corrected chi connectivity index (χ0v) is 8.35. The van der Waals surface area contributed by atoms with E-state index in [1.165, 1.54) is 12.3 Å². The van der Waals surface area contributed by atoms with E-state index in [9.17, 15) is 18.0 Å². The molecule has 0 amide bonds. The summed E-state index contributed by atoms with van der Waals surface area (Å²) in [4.78, 5) is 13.8. The van der Waals surface area contributed by atoms with Crippen LogP contribution in [0.2, 0.25) is 0 Å². The first-order chi connectivity index (χ1) is 7.39. The molecule has 0 aliphatic heterocycles. The van der Waals surface area contributed by atoms with Crippen molar-refractivity contribution in [1.29, 1.82) is 0 Å². The predicted molar refractivity (Wildman–Crippen MR) is 54.3 cm³/mol. The van der Waals surface area contributed by atoms with Crippen molar-refractivity contribution < 1.29 is 13.2 Å². The Balaban J connectivity index is 2.81. The highest BCUT2D eigenvalue weighted by Crippen LogP contribution is 2.31. The number of hydrogen-bond donors (Lipinski definition) is 1. The maximum absolute atomic E-state index is 12.5. The predicted octanol–water partition coefficient (Wildman–Crippen LogP) is 2.86. The van der Waals surface area contributed by atoms with Gasteiger partial charge in [0.15, 0.2) is 0 Å². The van der Waals surface area contributed by atoms with Gasteiger partial charge in [0.2, 0.25) is 0 Å². The Kier molecular flexibility index (Phi) is 2.26. The summed E-state index contributed by atoms with van der Waals surface area (Å²) < 4.78 is 37.4. The number of fused-ring (bicyclic) bond motifs is 1. The van der Waals surface area contributed by atoms with Crippen molar-refractivity contribution in [3.05, 3.63) is 45.9 Å². The van der Waals surface area contributed by atoms with E-state index in [0.717, 1.165) is 12.1 Å². The molecule has 1 aromatic carbocycles. The van der Waals surface area contributed by atoms with Crippen LogP contribution < -0.4 is 5.56 Å². The van der Waals surface area contributed by atoms with E-state index < -0.39 is 11.7 Å². The second-order valence-electron chi connectivity index (χ2n) is 3.56. The molecule has 84 valence electrons. The van der Waals surface area contributed by atoms with Crippen LogP contribution in [0.4, 0.5) is 13.2 Å². The van der Waals surface area contributed by atoms with Crippen LogP contribution >= 0.6 is 0 Å². The van der Waals surface area contributed by atoms with E-state index >= 15 is 0 Å². The van der Waals surface area contributed by atoms with Crippen LogP contribution in [0.25, 0.3) is 10.8 Å². The number of H-pyrrole nitrogens is 1. The minimum atomic E-state index is -4.39. The molecule has 1 heterocycles. The number of hydrogen-bond acceptors (Lipinski definition) is 1. The standard InChI is InChI=1S/C11H8F3NO/c1-6-5-15-10(16)8-3-2-7(4-9(6)8)11(12,13)14/h2-5H,1H3,(H,15,16). The molecule has 2 rings (SSSR count). The number of nitrogens with one attached hydrogen (secondary N) is 1. The van der Waals surface area contributed by atoms with Crippen molar-refractivity contribution in [2.45, 2.75) is 13.1 Å². The molecule has 0 saturated carbocycles. The number of aryl methyl sites for hydroxylation is 1. The molecule has 0 bridgehead atoms. The Morgan fingerprint density at radius 2 is 1.88 bits per heavy atom. The lowest BCUT2D eigenvalue weighted by molar-refractivity contribution is -0.137. The van der Waals surface area contributed by atoms with Crippen LogP contribution in [0.15, 0.2) is 29.2 Å². The fourth-order valence-electron chi connectivity index (χ4n) is 1.57. The van der Waals surface area contributed by atoms with E-state index in [4.69, 9.17) is 0 Å². The molecule has 0 radical (unpaired) electrons. The van der Waals surface area contributed by atoms with Crippen LogP contribution in [0.3, 0.4) is 0 Å². The zero-order valence-electron chi connectivity index (χ0n) is 8.35. The largest absolute Gasteiger partial charge is 0.416 e. The van der Waals surface area contributed by atoms with Gasteiger partial charge < -0.3 is 4.98 Å². The summed E-state index contributed by atoms with van der Waals surface area (Å²) in [6, 6.07) is 3.11. The van der Waals surface area contributed by atoms with Crippen LogP contribution in [0.1, 0.15) is 11.1 Å². The fraction of sp³-hybridized carbons (Fsp3) is 0.182. The Labute approximate surface area is 88.7 Å². The molecule has 0 aliphatic carbocycles. The van der Waals surface area contributed by atoms with Crippen LogP contribution in [0, 0.1) is 6.92 Å². The first kappa shape index (κ1) is 10.7.